The molecule has 0 atom stereocenters. The molecule has 102 valence electrons. The van der Waals surface area contributed by atoms with Crippen molar-refractivity contribution in [3.63, 3.8) is 0 Å². The number of nitrogens with one attached hydrogen (secondary N) is 2. The van der Waals surface area contributed by atoms with Crippen LogP contribution in [0.1, 0.15) is 5.56 Å². The molecule has 0 aliphatic heterocycles. The Morgan fingerprint density at radius 3 is 2.90 bits per heavy atom. The van der Waals surface area contributed by atoms with Crippen molar-refractivity contribution in [2.24, 2.45) is 0 Å². The molecule has 7 heteroatoms. The smallest absolute Gasteiger partial charge is 0.235 e. The number of fused-ring (bicyclic) bond motifs is 1. The highest BCUT2D eigenvalue weighted by Crippen LogP contribution is 2.29. The summed E-state index contributed by atoms with van der Waals surface area (Å²) < 4.78 is 5.82. The van der Waals surface area contributed by atoms with Crippen LogP contribution < -0.4 is 10.1 Å². The second-order valence-corrected chi connectivity index (χ2v) is 4.65. The maximum Gasteiger partial charge on any atom is 0.235 e. The maximum absolute atomic E-state index is 6.00. The minimum absolute atomic E-state index is 0.440. The van der Waals surface area contributed by atoms with Crippen LogP contribution in [0.3, 0.4) is 0 Å². The van der Waals surface area contributed by atoms with Gasteiger partial charge in [0.1, 0.15) is 11.1 Å². The molecule has 3 aromatic rings. The van der Waals surface area contributed by atoms with Gasteiger partial charge in [-0.05, 0) is 30.7 Å². The van der Waals surface area contributed by atoms with E-state index < -0.39 is 0 Å². The van der Waals surface area contributed by atoms with E-state index in [9.17, 15) is 0 Å². The highest BCUT2D eigenvalue weighted by atomic mass is 35.5. The Morgan fingerprint density at radius 1 is 1.30 bits per heavy atom. The Labute approximate surface area is 120 Å². The number of halogens is 1. The van der Waals surface area contributed by atoms with Crippen LogP contribution in [-0.2, 0) is 0 Å². The van der Waals surface area contributed by atoms with Crippen LogP contribution >= 0.6 is 11.6 Å². The summed E-state index contributed by atoms with van der Waals surface area (Å²) in [6.07, 6.45) is 1.63. The van der Waals surface area contributed by atoms with Crippen molar-refractivity contribution < 1.29 is 4.74 Å². The lowest BCUT2D eigenvalue weighted by molar-refractivity contribution is 0.468. The van der Waals surface area contributed by atoms with E-state index >= 15 is 0 Å². The summed E-state index contributed by atoms with van der Waals surface area (Å²) in [6, 6.07) is 5.44. The lowest BCUT2D eigenvalue weighted by Gasteiger charge is -2.08. The first-order valence-electron chi connectivity index (χ1n) is 6.00. The summed E-state index contributed by atoms with van der Waals surface area (Å²) in [7, 11) is 1.74. The maximum atomic E-state index is 6.00. The first-order chi connectivity index (χ1) is 9.67. The normalized spacial score (nSPS) is 10.8. The van der Waals surface area contributed by atoms with Gasteiger partial charge in [0.05, 0.1) is 6.20 Å². The number of aryl methyl sites for hydroxylation is 1. The van der Waals surface area contributed by atoms with Crippen LogP contribution in [0.2, 0.25) is 5.02 Å². The number of aromatic amines is 1. The molecule has 0 radical (unpaired) electrons. The van der Waals surface area contributed by atoms with Crippen molar-refractivity contribution in [3.05, 3.63) is 35.0 Å². The quantitative estimate of drug-likeness (QED) is 0.774. The van der Waals surface area contributed by atoms with E-state index in [1.165, 1.54) is 0 Å². The minimum Gasteiger partial charge on any atom is -0.438 e. The molecular formula is C13H12ClN5O. The van der Waals surface area contributed by atoms with Crippen molar-refractivity contribution in [2.45, 2.75) is 6.92 Å². The van der Waals surface area contributed by atoms with Crippen molar-refractivity contribution in [2.75, 3.05) is 12.4 Å². The predicted molar refractivity (Wildman–Crippen MR) is 77.5 cm³/mol. The van der Waals surface area contributed by atoms with Gasteiger partial charge in [-0.2, -0.15) is 15.1 Å². The number of H-pyrrole nitrogens is 1. The molecule has 1 aromatic carbocycles. The summed E-state index contributed by atoms with van der Waals surface area (Å²) in [6.45, 7) is 1.92. The molecule has 2 aromatic heterocycles. The standard InChI is InChI=1S/C13H12ClN5O/c1-7-5-8(3-4-10(7)14)20-12-9-6-16-19-11(9)17-13(15-2)18-12/h3-6H,1-2H3,(H2,15,16,17,18,19). The van der Waals surface area contributed by atoms with Crippen LogP contribution in [0, 0.1) is 6.92 Å². The summed E-state index contributed by atoms with van der Waals surface area (Å²) in [5.74, 6) is 1.56. The second kappa shape index (κ2) is 4.97. The van der Waals surface area contributed by atoms with Gasteiger partial charge in [0.15, 0.2) is 5.65 Å². The SMILES string of the molecule is CNc1nc(Oc2ccc(Cl)c(C)c2)c2cn[nH]c2n1. The number of anilines is 1. The molecule has 0 amide bonds. The van der Waals surface area contributed by atoms with Gasteiger partial charge in [-0.25, -0.2) is 0 Å². The van der Waals surface area contributed by atoms with Crippen molar-refractivity contribution >= 4 is 28.6 Å². The Bertz CT molecular complexity index is 771. The Morgan fingerprint density at radius 2 is 2.15 bits per heavy atom. The van der Waals surface area contributed by atoms with Crippen LogP contribution in [0.15, 0.2) is 24.4 Å². The summed E-state index contributed by atoms with van der Waals surface area (Å²) in [5.41, 5.74) is 1.56. The minimum atomic E-state index is 0.440. The van der Waals surface area contributed by atoms with E-state index in [0.29, 0.717) is 28.2 Å². The molecule has 2 N–H and O–H groups in total. The lowest BCUT2D eigenvalue weighted by atomic mass is 10.2. The van der Waals surface area contributed by atoms with Gasteiger partial charge < -0.3 is 10.1 Å². The first-order valence-corrected chi connectivity index (χ1v) is 6.38. The molecule has 0 aliphatic carbocycles. The molecule has 0 aliphatic rings. The largest absolute Gasteiger partial charge is 0.438 e. The molecule has 0 unspecified atom stereocenters. The number of benzene rings is 1. The predicted octanol–water partition coefficient (Wildman–Crippen LogP) is 3.15. The third-order valence-corrected chi connectivity index (χ3v) is 3.27. The fraction of sp³-hybridized carbons (Fsp3) is 0.154. The second-order valence-electron chi connectivity index (χ2n) is 4.25. The number of nitrogens with zero attached hydrogens (tertiary/aromatic N) is 3. The third-order valence-electron chi connectivity index (χ3n) is 2.84. The highest BCUT2D eigenvalue weighted by Gasteiger charge is 2.11. The molecule has 6 nitrogen and oxygen atoms in total. The fourth-order valence-corrected chi connectivity index (χ4v) is 1.91. The molecule has 0 fully saturated rings. The van der Waals surface area contributed by atoms with Crippen molar-refractivity contribution in [3.8, 4) is 11.6 Å². The molecule has 20 heavy (non-hydrogen) atoms. The zero-order chi connectivity index (χ0) is 14.1. The monoisotopic (exact) mass is 289 g/mol. The summed E-state index contributed by atoms with van der Waals surface area (Å²) in [5, 5.41) is 11.1. The molecule has 0 bridgehead atoms. The van der Waals surface area contributed by atoms with E-state index in [0.717, 1.165) is 10.9 Å². The first kappa shape index (κ1) is 12.7. The molecule has 3 rings (SSSR count). The summed E-state index contributed by atoms with van der Waals surface area (Å²) in [4.78, 5) is 8.55. The number of hydrogen-bond acceptors (Lipinski definition) is 5. The molecule has 0 spiro atoms. The number of hydrogen-bond donors (Lipinski definition) is 2. The van der Waals surface area contributed by atoms with Crippen LogP contribution in [0.25, 0.3) is 11.0 Å². The fourth-order valence-electron chi connectivity index (χ4n) is 1.79. The zero-order valence-corrected chi connectivity index (χ0v) is 11.7. The molecule has 0 saturated carbocycles. The van der Waals surface area contributed by atoms with Gasteiger partial charge in [-0.15, -0.1) is 0 Å². The average molecular weight is 290 g/mol. The van der Waals surface area contributed by atoms with Gasteiger partial charge in [0, 0.05) is 12.1 Å². The highest BCUT2D eigenvalue weighted by molar-refractivity contribution is 6.31. The van der Waals surface area contributed by atoms with Crippen LogP contribution in [0.4, 0.5) is 5.95 Å². The van der Waals surface area contributed by atoms with Crippen LogP contribution in [0.5, 0.6) is 11.6 Å². The van der Waals surface area contributed by atoms with E-state index in [4.69, 9.17) is 16.3 Å². The van der Waals surface area contributed by atoms with Gasteiger partial charge in [0.25, 0.3) is 0 Å². The van der Waals surface area contributed by atoms with Crippen LogP contribution in [-0.4, -0.2) is 27.2 Å². The lowest BCUT2D eigenvalue weighted by Crippen LogP contribution is -1.99. The number of aromatic nitrogens is 4. The third kappa shape index (κ3) is 2.25. The van der Waals surface area contributed by atoms with Gasteiger partial charge in [0.2, 0.25) is 11.8 Å². The topological polar surface area (TPSA) is 75.7 Å². The van der Waals surface area contributed by atoms with Gasteiger partial charge in [-0.1, -0.05) is 11.6 Å². The number of ether oxygens (including phenoxy) is 1. The van der Waals surface area contributed by atoms with E-state index in [2.05, 4.69) is 25.5 Å². The van der Waals surface area contributed by atoms with E-state index in [-0.39, 0.29) is 0 Å². The van der Waals surface area contributed by atoms with Gasteiger partial charge >= 0.3 is 0 Å². The Balaban J connectivity index is 2.04. The van der Waals surface area contributed by atoms with Crippen molar-refractivity contribution in [1.29, 1.82) is 0 Å². The number of rotatable bonds is 3. The van der Waals surface area contributed by atoms with E-state index in [1.54, 1.807) is 25.4 Å². The van der Waals surface area contributed by atoms with E-state index in [1.807, 2.05) is 13.0 Å². The molecular weight excluding hydrogens is 278 g/mol. The van der Waals surface area contributed by atoms with Crippen molar-refractivity contribution in [1.82, 2.24) is 20.2 Å². The molecule has 2 heterocycles. The molecule has 0 saturated heterocycles. The summed E-state index contributed by atoms with van der Waals surface area (Å²) >= 11 is 6.00. The average Bonchev–Trinajstić information content (AvgIpc) is 2.91. The Kier molecular flexibility index (Phi) is 3.15. The van der Waals surface area contributed by atoms with Gasteiger partial charge in [-0.3, -0.25) is 5.10 Å². The zero-order valence-electron chi connectivity index (χ0n) is 10.9. The Hall–Kier alpha value is -2.34.